The molecule has 8 heteroatoms. The second-order valence-corrected chi connectivity index (χ2v) is 8.33. The summed E-state index contributed by atoms with van der Waals surface area (Å²) in [5.74, 6) is -0.294. The Morgan fingerprint density at radius 1 is 1.24 bits per heavy atom. The maximum absolute atomic E-state index is 13.0. The highest BCUT2D eigenvalue weighted by atomic mass is 16.5. The lowest BCUT2D eigenvalue weighted by atomic mass is 10.00. The average molecular weight is 444 g/mol. The number of pyridine rings is 2. The number of carbonyl (C=O) groups is 1. The summed E-state index contributed by atoms with van der Waals surface area (Å²) in [6.07, 6.45) is 6.05. The van der Waals surface area contributed by atoms with Gasteiger partial charge in [0.1, 0.15) is 5.69 Å². The minimum absolute atomic E-state index is 0.226. The van der Waals surface area contributed by atoms with Crippen molar-refractivity contribution in [1.82, 2.24) is 25.1 Å². The summed E-state index contributed by atoms with van der Waals surface area (Å²) in [5, 5.41) is 18.2. The quantitative estimate of drug-likeness (QED) is 0.491. The average Bonchev–Trinajstić information content (AvgIpc) is 3.27. The monoisotopic (exact) mass is 443 g/mol. The minimum atomic E-state index is -0.716. The molecule has 1 aromatic carbocycles. The predicted octanol–water partition coefficient (Wildman–Crippen LogP) is 2.50. The molecular weight excluding hydrogens is 418 g/mol. The molecule has 33 heavy (non-hydrogen) atoms. The van der Waals surface area contributed by atoms with Crippen LogP contribution in [-0.2, 0) is 18.2 Å². The first-order valence-corrected chi connectivity index (χ1v) is 11.0. The van der Waals surface area contributed by atoms with E-state index in [1.165, 1.54) is 0 Å². The van der Waals surface area contributed by atoms with Crippen LogP contribution in [0.25, 0.3) is 22.2 Å². The second-order valence-electron chi connectivity index (χ2n) is 8.33. The summed E-state index contributed by atoms with van der Waals surface area (Å²) in [4.78, 5) is 22.1. The van der Waals surface area contributed by atoms with Crippen molar-refractivity contribution < 1.29 is 14.6 Å². The topological polar surface area (TPSA) is 102 Å². The van der Waals surface area contributed by atoms with Crippen LogP contribution in [0.4, 0.5) is 0 Å². The van der Waals surface area contributed by atoms with Gasteiger partial charge in [-0.3, -0.25) is 14.5 Å². The third-order valence-electron chi connectivity index (χ3n) is 5.90. The zero-order valence-electron chi connectivity index (χ0n) is 18.3. The molecule has 8 nitrogen and oxygen atoms in total. The molecule has 0 saturated carbocycles. The SMILES string of the molecule is Cn1cc(-c2ccc(Cc3cc(C(=O)N[C@H]4CCOC[C@@H]4O)nc4ccccc34)cn2)cn1. The molecule has 4 heterocycles. The first kappa shape index (κ1) is 21.2. The lowest BCUT2D eigenvalue weighted by Crippen LogP contribution is -2.48. The van der Waals surface area contributed by atoms with Gasteiger partial charge in [0.05, 0.1) is 36.2 Å². The summed E-state index contributed by atoms with van der Waals surface area (Å²) in [6, 6.07) is 13.3. The van der Waals surface area contributed by atoms with Gasteiger partial charge in [-0.2, -0.15) is 5.10 Å². The maximum atomic E-state index is 13.0. The Labute approximate surface area is 191 Å². The largest absolute Gasteiger partial charge is 0.389 e. The Kier molecular flexibility index (Phi) is 5.85. The molecule has 1 aliphatic heterocycles. The molecule has 5 rings (SSSR count). The Hall–Kier alpha value is -3.62. The Balaban J connectivity index is 1.42. The van der Waals surface area contributed by atoms with Crippen molar-refractivity contribution >= 4 is 16.8 Å². The smallest absolute Gasteiger partial charge is 0.270 e. The molecule has 0 radical (unpaired) electrons. The van der Waals surface area contributed by atoms with E-state index in [9.17, 15) is 9.90 Å². The minimum Gasteiger partial charge on any atom is -0.389 e. The van der Waals surface area contributed by atoms with Gasteiger partial charge in [0.2, 0.25) is 0 Å². The van der Waals surface area contributed by atoms with Gasteiger partial charge in [0.15, 0.2) is 0 Å². The summed E-state index contributed by atoms with van der Waals surface area (Å²) in [6.45, 7) is 0.740. The van der Waals surface area contributed by atoms with Crippen LogP contribution >= 0.6 is 0 Å². The molecule has 0 spiro atoms. The van der Waals surface area contributed by atoms with Crippen LogP contribution in [0.1, 0.15) is 28.0 Å². The lowest BCUT2D eigenvalue weighted by Gasteiger charge is -2.28. The van der Waals surface area contributed by atoms with Gasteiger partial charge in [-0.1, -0.05) is 24.3 Å². The van der Waals surface area contributed by atoms with Crippen LogP contribution in [0, 0.1) is 0 Å². The van der Waals surface area contributed by atoms with Gasteiger partial charge in [-0.15, -0.1) is 0 Å². The number of benzene rings is 1. The summed E-state index contributed by atoms with van der Waals surface area (Å²) in [7, 11) is 1.88. The molecule has 1 amide bonds. The number of para-hydroxylation sites is 1. The number of aryl methyl sites for hydroxylation is 1. The zero-order valence-corrected chi connectivity index (χ0v) is 18.3. The summed E-state index contributed by atoms with van der Waals surface area (Å²) in [5.41, 5.74) is 4.95. The summed E-state index contributed by atoms with van der Waals surface area (Å²) >= 11 is 0. The molecule has 2 N–H and O–H groups in total. The Morgan fingerprint density at radius 3 is 2.88 bits per heavy atom. The molecule has 2 atom stereocenters. The normalized spacial score (nSPS) is 18.4. The number of aliphatic hydroxyl groups is 1. The van der Waals surface area contributed by atoms with Gasteiger partial charge in [0, 0.05) is 37.0 Å². The van der Waals surface area contributed by atoms with Crippen LogP contribution in [0.15, 0.2) is 61.1 Å². The molecular formula is C25H25N5O3. The number of nitrogens with zero attached hydrogens (tertiary/aromatic N) is 4. The molecule has 0 unspecified atom stereocenters. The van der Waals surface area contributed by atoms with Gasteiger partial charge < -0.3 is 15.2 Å². The predicted molar refractivity (Wildman–Crippen MR) is 124 cm³/mol. The highest BCUT2D eigenvalue weighted by molar-refractivity contribution is 5.96. The number of nitrogens with one attached hydrogen (secondary N) is 1. The van der Waals surface area contributed by atoms with Crippen molar-refractivity contribution in [3.63, 3.8) is 0 Å². The van der Waals surface area contributed by atoms with E-state index in [0.717, 1.165) is 33.3 Å². The van der Waals surface area contributed by atoms with Crippen LogP contribution in [0.3, 0.4) is 0 Å². The van der Waals surface area contributed by atoms with Gasteiger partial charge >= 0.3 is 0 Å². The fourth-order valence-corrected chi connectivity index (χ4v) is 4.12. The summed E-state index contributed by atoms with van der Waals surface area (Å²) < 4.78 is 7.00. The number of fused-ring (bicyclic) bond motifs is 1. The third-order valence-corrected chi connectivity index (χ3v) is 5.90. The van der Waals surface area contributed by atoms with Crippen LogP contribution < -0.4 is 5.32 Å². The molecule has 0 bridgehead atoms. The van der Waals surface area contributed by atoms with E-state index in [0.29, 0.717) is 25.1 Å². The van der Waals surface area contributed by atoms with Crippen LogP contribution in [0.2, 0.25) is 0 Å². The van der Waals surface area contributed by atoms with E-state index in [1.807, 2.05) is 61.9 Å². The van der Waals surface area contributed by atoms with Gasteiger partial charge in [-0.05, 0) is 42.2 Å². The van der Waals surface area contributed by atoms with E-state index in [1.54, 1.807) is 10.9 Å². The van der Waals surface area contributed by atoms with Crippen LogP contribution in [-0.4, -0.2) is 56.1 Å². The molecule has 1 saturated heterocycles. The fourth-order valence-electron chi connectivity index (χ4n) is 4.12. The molecule has 1 aliphatic rings. The Bertz CT molecular complexity index is 1280. The van der Waals surface area contributed by atoms with Gasteiger partial charge in [-0.25, -0.2) is 4.98 Å². The number of rotatable bonds is 5. The van der Waals surface area contributed by atoms with E-state index in [4.69, 9.17) is 4.74 Å². The van der Waals surface area contributed by atoms with E-state index >= 15 is 0 Å². The number of amides is 1. The maximum Gasteiger partial charge on any atom is 0.270 e. The number of hydrogen-bond acceptors (Lipinski definition) is 6. The van der Waals surface area contributed by atoms with Gasteiger partial charge in [0.25, 0.3) is 5.91 Å². The van der Waals surface area contributed by atoms with E-state index in [-0.39, 0.29) is 18.6 Å². The highest BCUT2D eigenvalue weighted by Gasteiger charge is 2.26. The lowest BCUT2D eigenvalue weighted by molar-refractivity contribution is -0.0261. The number of aliphatic hydroxyl groups excluding tert-OH is 1. The van der Waals surface area contributed by atoms with E-state index in [2.05, 4.69) is 20.4 Å². The molecule has 168 valence electrons. The fraction of sp³-hybridized carbons (Fsp3) is 0.280. The van der Waals surface area contributed by atoms with Crippen molar-refractivity contribution in [1.29, 1.82) is 0 Å². The van der Waals surface area contributed by atoms with E-state index < -0.39 is 6.10 Å². The second kappa shape index (κ2) is 9.09. The molecule has 0 aliphatic carbocycles. The molecule has 3 aromatic heterocycles. The number of aromatic nitrogens is 4. The van der Waals surface area contributed by atoms with Crippen molar-refractivity contribution in [2.75, 3.05) is 13.2 Å². The first-order valence-electron chi connectivity index (χ1n) is 11.0. The first-order chi connectivity index (χ1) is 16.1. The molecule has 4 aromatic rings. The highest BCUT2D eigenvalue weighted by Crippen LogP contribution is 2.23. The number of ether oxygens (including phenoxy) is 1. The zero-order chi connectivity index (χ0) is 22.8. The Morgan fingerprint density at radius 2 is 2.12 bits per heavy atom. The van der Waals surface area contributed by atoms with Crippen molar-refractivity contribution in [2.45, 2.75) is 25.0 Å². The molecule has 1 fully saturated rings. The van der Waals surface area contributed by atoms with Crippen molar-refractivity contribution in [3.05, 3.63) is 77.9 Å². The number of carbonyl (C=O) groups excluding carboxylic acids is 1. The van der Waals surface area contributed by atoms with Crippen LogP contribution in [0.5, 0.6) is 0 Å². The number of hydrogen-bond donors (Lipinski definition) is 2. The third kappa shape index (κ3) is 4.62. The van der Waals surface area contributed by atoms with Crippen molar-refractivity contribution in [2.24, 2.45) is 7.05 Å². The standard InChI is InChI=1S/C25H25N5O3/c1-30-14-18(13-27-30)20-7-6-16(12-26-20)10-17-11-23(28-21-5-3-2-4-19(17)21)25(32)29-22-8-9-33-15-24(22)31/h2-7,11-14,22,24,31H,8-10,15H2,1H3,(H,29,32)/t22-,24-/m0/s1. The van der Waals surface area contributed by atoms with Crippen molar-refractivity contribution in [3.8, 4) is 11.3 Å².